The summed E-state index contributed by atoms with van der Waals surface area (Å²) in [5.74, 6) is 0.768. The number of fused-ring (bicyclic) bond motifs is 2. The third-order valence-corrected chi connectivity index (χ3v) is 8.03. The first-order valence-corrected chi connectivity index (χ1v) is 14.0. The first kappa shape index (κ1) is 26.8. The Kier molecular flexibility index (Phi) is 7.61. The van der Waals surface area contributed by atoms with Crippen molar-refractivity contribution in [1.82, 2.24) is 20.4 Å². The van der Waals surface area contributed by atoms with Crippen LogP contribution in [0.15, 0.2) is 70.5 Å². The number of carbonyl (C=O) groups is 1. The van der Waals surface area contributed by atoms with Crippen molar-refractivity contribution in [3.8, 4) is 11.1 Å². The van der Waals surface area contributed by atoms with Gasteiger partial charge in [-0.25, -0.2) is 19.3 Å². The van der Waals surface area contributed by atoms with Crippen LogP contribution in [0.3, 0.4) is 0 Å². The fourth-order valence-corrected chi connectivity index (χ4v) is 5.65. The van der Waals surface area contributed by atoms with E-state index in [0.717, 1.165) is 48.9 Å². The molecule has 0 unspecified atom stereocenters. The van der Waals surface area contributed by atoms with Crippen molar-refractivity contribution in [3.05, 3.63) is 93.7 Å². The molecule has 0 spiro atoms. The van der Waals surface area contributed by atoms with E-state index in [2.05, 4.69) is 32.5 Å². The summed E-state index contributed by atoms with van der Waals surface area (Å²) in [7, 11) is 2.13. The highest BCUT2D eigenvalue weighted by Gasteiger charge is 2.20. The number of benzene rings is 3. The van der Waals surface area contributed by atoms with Gasteiger partial charge in [0, 0.05) is 23.8 Å². The Morgan fingerprint density at radius 2 is 1.90 bits per heavy atom. The van der Waals surface area contributed by atoms with Gasteiger partial charge in [0.2, 0.25) is 0 Å². The number of halogens is 1. The molecule has 0 atom stereocenters. The van der Waals surface area contributed by atoms with E-state index in [4.69, 9.17) is 4.74 Å². The van der Waals surface area contributed by atoms with Crippen LogP contribution in [0.2, 0.25) is 0 Å². The zero-order valence-electron chi connectivity index (χ0n) is 23.0. The highest BCUT2D eigenvalue weighted by Crippen LogP contribution is 2.33. The number of alkyl carbamates (subject to hydrolysis) is 1. The summed E-state index contributed by atoms with van der Waals surface area (Å²) in [5, 5.41) is 10.9. The Morgan fingerprint density at radius 1 is 1.10 bits per heavy atom. The summed E-state index contributed by atoms with van der Waals surface area (Å²) in [6, 6.07) is 17.9. The molecule has 8 nitrogen and oxygen atoms in total. The van der Waals surface area contributed by atoms with Gasteiger partial charge in [-0.1, -0.05) is 36.4 Å². The van der Waals surface area contributed by atoms with Gasteiger partial charge in [-0.2, -0.15) is 5.10 Å². The zero-order chi connectivity index (χ0) is 28.3. The smallest absolute Gasteiger partial charge is 0.412 e. The maximum Gasteiger partial charge on any atom is 0.412 e. The first-order valence-electron chi connectivity index (χ1n) is 14.0. The third kappa shape index (κ3) is 6.05. The lowest BCUT2D eigenvalue weighted by atomic mass is 9.94. The quantitative estimate of drug-likeness (QED) is 0.335. The summed E-state index contributed by atoms with van der Waals surface area (Å²) in [6.07, 6.45) is 3.56. The predicted octanol–water partition coefficient (Wildman–Crippen LogP) is 5.36. The molecule has 2 N–H and O–H groups in total. The number of H-pyrrole nitrogens is 1. The number of hydrogen-bond acceptors (Lipinski definition) is 6. The molecule has 0 aliphatic carbocycles. The summed E-state index contributed by atoms with van der Waals surface area (Å²) < 4.78 is 20.4. The lowest BCUT2D eigenvalue weighted by molar-refractivity contribution is 0.131. The fourth-order valence-electron chi connectivity index (χ4n) is 5.65. The van der Waals surface area contributed by atoms with Crippen molar-refractivity contribution in [1.29, 1.82) is 0 Å². The summed E-state index contributed by atoms with van der Waals surface area (Å²) in [4.78, 5) is 31.4. The molecule has 0 bridgehead atoms. The van der Waals surface area contributed by atoms with Crippen LogP contribution >= 0.6 is 0 Å². The number of ether oxygens (including phenoxy) is 1. The molecule has 2 aliphatic heterocycles. The van der Waals surface area contributed by atoms with E-state index in [1.807, 2.05) is 36.4 Å². The van der Waals surface area contributed by atoms with Crippen molar-refractivity contribution < 1.29 is 13.9 Å². The van der Waals surface area contributed by atoms with E-state index in [9.17, 15) is 14.0 Å². The fraction of sp³-hybridized carbons (Fsp3) is 0.312. The molecule has 1 fully saturated rings. The number of carbonyl (C=O) groups excluding carboxylic acids is 1. The second kappa shape index (κ2) is 11.6. The molecule has 0 saturated carbocycles. The second-order valence-corrected chi connectivity index (χ2v) is 10.9. The Bertz CT molecular complexity index is 1690. The molecule has 4 aromatic rings. The summed E-state index contributed by atoms with van der Waals surface area (Å²) >= 11 is 0. The Morgan fingerprint density at radius 3 is 2.73 bits per heavy atom. The summed E-state index contributed by atoms with van der Waals surface area (Å²) in [5.41, 5.74) is 4.12. The van der Waals surface area contributed by atoms with Crippen LogP contribution in [-0.2, 0) is 17.6 Å². The highest BCUT2D eigenvalue weighted by molar-refractivity contribution is 6.01. The van der Waals surface area contributed by atoms with E-state index in [1.54, 1.807) is 18.2 Å². The number of aromatic amines is 1. The lowest BCUT2D eigenvalue weighted by Crippen LogP contribution is -2.33. The number of amidine groups is 1. The third-order valence-electron chi connectivity index (χ3n) is 8.03. The minimum absolute atomic E-state index is 0.238. The average molecular weight is 554 g/mol. The molecule has 41 heavy (non-hydrogen) atoms. The first-order chi connectivity index (χ1) is 19.9. The number of aliphatic imine (C=N–C) groups is 1. The SMILES string of the molecule is CN1CCC(CCOC(=O)NC2=Nc3cc(-c4cc(Cc5n[nH]c(=O)c6ccccc56)ccc4F)ccc3C2)CC1. The Labute approximate surface area is 237 Å². The predicted molar refractivity (Wildman–Crippen MR) is 157 cm³/mol. The lowest BCUT2D eigenvalue weighted by Gasteiger charge is -2.28. The van der Waals surface area contributed by atoms with E-state index in [-0.39, 0.29) is 11.4 Å². The Balaban J connectivity index is 1.13. The van der Waals surface area contributed by atoms with Gasteiger partial charge in [0.15, 0.2) is 0 Å². The largest absolute Gasteiger partial charge is 0.449 e. The number of piperidine rings is 1. The molecule has 6 rings (SSSR count). The topological polar surface area (TPSA) is 99.7 Å². The summed E-state index contributed by atoms with van der Waals surface area (Å²) in [6.45, 7) is 2.57. The molecule has 3 aromatic carbocycles. The van der Waals surface area contributed by atoms with Crippen LogP contribution in [0.5, 0.6) is 0 Å². The minimum Gasteiger partial charge on any atom is -0.449 e. The highest BCUT2D eigenvalue weighted by atomic mass is 19.1. The van der Waals surface area contributed by atoms with Crippen molar-refractivity contribution in [3.63, 3.8) is 0 Å². The van der Waals surface area contributed by atoms with Crippen LogP contribution in [0.1, 0.15) is 36.1 Å². The van der Waals surface area contributed by atoms with Gasteiger partial charge in [-0.05, 0) is 86.3 Å². The molecule has 9 heteroatoms. The van der Waals surface area contributed by atoms with Gasteiger partial charge in [0.05, 0.1) is 23.4 Å². The van der Waals surface area contributed by atoms with E-state index in [0.29, 0.717) is 59.1 Å². The molecular weight excluding hydrogens is 521 g/mol. The van der Waals surface area contributed by atoms with Crippen molar-refractivity contribution >= 4 is 28.4 Å². The molecule has 1 amide bonds. The minimum atomic E-state index is -0.494. The van der Waals surface area contributed by atoms with Gasteiger partial charge in [-0.3, -0.25) is 10.1 Å². The molecule has 0 radical (unpaired) electrons. The van der Waals surface area contributed by atoms with Crippen molar-refractivity contribution in [2.45, 2.75) is 32.1 Å². The number of amides is 1. The van der Waals surface area contributed by atoms with Gasteiger partial charge in [0.25, 0.3) is 5.56 Å². The number of rotatable bonds is 6. The van der Waals surface area contributed by atoms with Crippen LogP contribution in [0.4, 0.5) is 14.9 Å². The van der Waals surface area contributed by atoms with Gasteiger partial charge < -0.3 is 9.64 Å². The molecular formula is C32H32FN5O3. The monoisotopic (exact) mass is 553 g/mol. The molecule has 210 valence electrons. The number of nitrogens with zero attached hydrogens (tertiary/aromatic N) is 3. The van der Waals surface area contributed by atoms with Crippen LogP contribution in [0.25, 0.3) is 21.9 Å². The van der Waals surface area contributed by atoms with Crippen LogP contribution < -0.4 is 10.9 Å². The van der Waals surface area contributed by atoms with Crippen LogP contribution in [-0.4, -0.2) is 53.8 Å². The van der Waals surface area contributed by atoms with E-state index < -0.39 is 6.09 Å². The average Bonchev–Trinajstić information content (AvgIpc) is 3.38. The van der Waals surface area contributed by atoms with Gasteiger partial charge in [0.1, 0.15) is 11.7 Å². The number of nitrogens with one attached hydrogen (secondary N) is 2. The van der Waals surface area contributed by atoms with E-state index in [1.165, 1.54) is 6.07 Å². The molecule has 2 aliphatic rings. The number of hydrogen-bond donors (Lipinski definition) is 2. The molecule has 1 saturated heterocycles. The normalized spacial score (nSPS) is 15.5. The standard InChI is InChI=1S/C32H32FN5O3/c1-38-13-10-20(11-14-38)12-15-41-32(40)35-30-19-23-8-7-22(18-28(23)34-30)26-16-21(6-9-27(26)33)17-29-24-4-2-3-5-25(24)31(39)37-36-29/h2-9,16,18,20H,10-15,17,19H2,1H3,(H,37,39)(H,34,35,40). The maximum absolute atomic E-state index is 15.0. The number of aromatic nitrogens is 2. The molecule has 3 heterocycles. The Hall–Kier alpha value is -4.37. The molecule has 1 aromatic heterocycles. The second-order valence-electron chi connectivity index (χ2n) is 10.9. The number of likely N-dealkylation sites (tertiary alicyclic amines) is 1. The van der Waals surface area contributed by atoms with Gasteiger partial charge in [-0.15, -0.1) is 0 Å². The zero-order valence-corrected chi connectivity index (χ0v) is 23.0. The van der Waals surface area contributed by atoms with Crippen molar-refractivity contribution in [2.24, 2.45) is 10.9 Å². The van der Waals surface area contributed by atoms with Gasteiger partial charge >= 0.3 is 6.09 Å². The van der Waals surface area contributed by atoms with E-state index >= 15 is 0 Å². The van der Waals surface area contributed by atoms with Crippen molar-refractivity contribution in [2.75, 3.05) is 26.7 Å². The van der Waals surface area contributed by atoms with Crippen LogP contribution in [0, 0.1) is 11.7 Å². The maximum atomic E-state index is 15.0.